The molecule has 0 spiro atoms. The average Bonchev–Trinajstić information content (AvgIpc) is 2.53. The van der Waals surface area contributed by atoms with Crippen LogP contribution in [0.5, 0.6) is 0 Å². The maximum absolute atomic E-state index is 12.1. The topological polar surface area (TPSA) is 69.6 Å². The Bertz CT molecular complexity index is 744. The molecule has 2 amide bonds. The fourth-order valence-electron chi connectivity index (χ4n) is 2.71. The van der Waals surface area contributed by atoms with Crippen molar-refractivity contribution in [1.29, 1.82) is 0 Å². The second-order valence-electron chi connectivity index (χ2n) is 5.78. The van der Waals surface area contributed by atoms with Crippen LogP contribution in [0.15, 0.2) is 48.5 Å². The van der Waals surface area contributed by atoms with Crippen LogP contribution in [-0.4, -0.2) is 34.6 Å². The van der Waals surface area contributed by atoms with Crippen LogP contribution in [-0.2, 0) is 6.42 Å². The van der Waals surface area contributed by atoms with E-state index in [0.29, 0.717) is 29.2 Å². The number of carboxylic acid groups (broad SMARTS) is 1. The van der Waals surface area contributed by atoms with Crippen LogP contribution in [0.4, 0.5) is 10.5 Å². The van der Waals surface area contributed by atoms with Crippen molar-refractivity contribution in [3.8, 4) is 0 Å². The molecule has 0 saturated carbocycles. The highest BCUT2D eigenvalue weighted by Gasteiger charge is 2.31. The van der Waals surface area contributed by atoms with Crippen LogP contribution in [0.25, 0.3) is 0 Å². The second-order valence-corrected chi connectivity index (χ2v) is 6.22. The van der Waals surface area contributed by atoms with Crippen LogP contribution in [0.2, 0.25) is 5.02 Å². The number of hydrogen-bond donors (Lipinski definition) is 2. The molecule has 1 saturated heterocycles. The number of nitrogens with zero attached hydrogens (tertiary/aromatic N) is 1. The van der Waals surface area contributed by atoms with E-state index in [-0.39, 0.29) is 11.9 Å². The predicted molar refractivity (Wildman–Crippen MR) is 92.7 cm³/mol. The molecule has 124 valence electrons. The molecule has 1 atom stereocenters. The number of benzene rings is 2. The Morgan fingerprint density at radius 3 is 2.33 bits per heavy atom. The third-order valence-electron chi connectivity index (χ3n) is 4.18. The highest BCUT2D eigenvalue weighted by atomic mass is 35.5. The molecule has 1 fully saturated rings. The summed E-state index contributed by atoms with van der Waals surface area (Å²) in [5.74, 6) is -0.199. The lowest BCUT2D eigenvalue weighted by atomic mass is 9.96. The summed E-state index contributed by atoms with van der Waals surface area (Å²) in [4.78, 5) is 24.6. The summed E-state index contributed by atoms with van der Waals surface area (Å²) in [6.45, 7) is 0.606. The van der Waals surface area contributed by atoms with Gasteiger partial charge in [-0.05, 0) is 54.8 Å². The molecule has 1 aliphatic heterocycles. The van der Waals surface area contributed by atoms with E-state index in [4.69, 9.17) is 16.7 Å². The number of hydrogen-bond acceptors (Lipinski definition) is 2. The SMILES string of the molecule is O=C(Nc1ccc(C[C@H]2CCN2C(=O)O)cc1)c1ccc(Cl)cc1. The van der Waals surface area contributed by atoms with E-state index in [0.717, 1.165) is 12.0 Å². The molecule has 1 aliphatic rings. The first kappa shape index (κ1) is 16.3. The molecule has 0 aromatic heterocycles. The number of amides is 2. The van der Waals surface area contributed by atoms with Gasteiger partial charge in [0.2, 0.25) is 0 Å². The summed E-state index contributed by atoms with van der Waals surface area (Å²) in [6.07, 6.45) is 0.720. The summed E-state index contributed by atoms with van der Waals surface area (Å²) in [5.41, 5.74) is 2.29. The molecule has 2 aromatic rings. The van der Waals surface area contributed by atoms with Crippen LogP contribution in [0.1, 0.15) is 22.3 Å². The molecular weight excluding hydrogens is 328 g/mol. The van der Waals surface area contributed by atoms with Gasteiger partial charge in [0.1, 0.15) is 0 Å². The van der Waals surface area contributed by atoms with E-state index in [1.54, 1.807) is 24.3 Å². The Balaban J connectivity index is 1.59. The van der Waals surface area contributed by atoms with E-state index in [1.807, 2.05) is 24.3 Å². The number of halogens is 1. The molecule has 24 heavy (non-hydrogen) atoms. The minimum atomic E-state index is -0.863. The van der Waals surface area contributed by atoms with Gasteiger partial charge in [-0.25, -0.2) is 4.79 Å². The summed E-state index contributed by atoms with van der Waals surface area (Å²) in [7, 11) is 0. The van der Waals surface area contributed by atoms with E-state index in [2.05, 4.69) is 5.32 Å². The van der Waals surface area contributed by atoms with Crippen molar-refractivity contribution in [1.82, 2.24) is 4.90 Å². The largest absolute Gasteiger partial charge is 0.465 e. The van der Waals surface area contributed by atoms with Crippen LogP contribution >= 0.6 is 11.6 Å². The number of carbonyl (C=O) groups excluding carboxylic acids is 1. The average molecular weight is 345 g/mol. The number of likely N-dealkylation sites (tertiary alicyclic amines) is 1. The first-order chi connectivity index (χ1) is 11.5. The molecule has 3 rings (SSSR count). The number of nitrogens with one attached hydrogen (secondary N) is 1. The third-order valence-corrected chi connectivity index (χ3v) is 4.43. The summed E-state index contributed by atoms with van der Waals surface area (Å²) in [6, 6.07) is 14.2. The van der Waals surface area contributed by atoms with Crippen molar-refractivity contribution < 1.29 is 14.7 Å². The van der Waals surface area contributed by atoms with Crippen molar-refractivity contribution in [2.24, 2.45) is 0 Å². The Labute approximate surface area is 144 Å². The molecule has 5 nitrogen and oxygen atoms in total. The highest BCUT2D eigenvalue weighted by molar-refractivity contribution is 6.30. The minimum Gasteiger partial charge on any atom is -0.465 e. The predicted octanol–water partition coefficient (Wildman–Crippen LogP) is 3.89. The molecule has 2 N–H and O–H groups in total. The fourth-order valence-corrected chi connectivity index (χ4v) is 2.83. The van der Waals surface area contributed by atoms with Gasteiger partial charge in [0.15, 0.2) is 0 Å². The highest BCUT2D eigenvalue weighted by Crippen LogP contribution is 2.22. The molecule has 0 bridgehead atoms. The van der Waals surface area contributed by atoms with E-state index in [1.165, 1.54) is 4.90 Å². The zero-order valence-electron chi connectivity index (χ0n) is 12.9. The maximum atomic E-state index is 12.1. The van der Waals surface area contributed by atoms with Gasteiger partial charge in [-0.2, -0.15) is 0 Å². The van der Waals surface area contributed by atoms with Crippen LogP contribution in [0.3, 0.4) is 0 Å². The third kappa shape index (κ3) is 3.68. The van der Waals surface area contributed by atoms with E-state index < -0.39 is 6.09 Å². The fraction of sp³-hybridized carbons (Fsp3) is 0.222. The van der Waals surface area contributed by atoms with Gasteiger partial charge >= 0.3 is 6.09 Å². The van der Waals surface area contributed by atoms with Crippen molar-refractivity contribution in [3.63, 3.8) is 0 Å². The first-order valence-electron chi connectivity index (χ1n) is 7.68. The molecule has 2 aromatic carbocycles. The summed E-state index contributed by atoms with van der Waals surface area (Å²) < 4.78 is 0. The van der Waals surface area contributed by atoms with E-state index >= 15 is 0 Å². The minimum absolute atomic E-state index is 0.0528. The number of carbonyl (C=O) groups is 2. The Morgan fingerprint density at radius 2 is 1.79 bits per heavy atom. The monoisotopic (exact) mass is 344 g/mol. The summed E-state index contributed by atoms with van der Waals surface area (Å²) >= 11 is 5.81. The van der Waals surface area contributed by atoms with Gasteiger partial charge in [-0.1, -0.05) is 23.7 Å². The standard InChI is InChI=1S/C18H17ClN2O3/c19-14-5-3-13(4-6-14)17(22)20-15-7-1-12(2-8-15)11-16-9-10-21(16)18(23)24/h1-8,16H,9-11H2,(H,20,22)(H,23,24)/t16-/m1/s1. The van der Waals surface area contributed by atoms with E-state index in [9.17, 15) is 9.59 Å². The Morgan fingerprint density at radius 1 is 1.12 bits per heavy atom. The van der Waals surface area contributed by atoms with Gasteiger partial charge in [0.05, 0.1) is 0 Å². The van der Waals surface area contributed by atoms with Gasteiger partial charge in [0, 0.05) is 28.9 Å². The van der Waals surface area contributed by atoms with Crippen molar-refractivity contribution >= 4 is 29.3 Å². The zero-order chi connectivity index (χ0) is 17.1. The van der Waals surface area contributed by atoms with Gasteiger partial charge in [-0.15, -0.1) is 0 Å². The second kappa shape index (κ2) is 6.93. The number of rotatable bonds is 4. The normalized spacial score (nSPS) is 16.4. The quantitative estimate of drug-likeness (QED) is 0.884. The first-order valence-corrected chi connectivity index (χ1v) is 8.06. The van der Waals surface area contributed by atoms with Crippen molar-refractivity contribution in [2.45, 2.75) is 18.9 Å². The molecule has 1 heterocycles. The van der Waals surface area contributed by atoms with Crippen molar-refractivity contribution in [3.05, 3.63) is 64.7 Å². The summed E-state index contributed by atoms with van der Waals surface area (Å²) in [5, 5.41) is 12.4. The smallest absolute Gasteiger partial charge is 0.407 e. The lowest BCUT2D eigenvalue weighted by Crippen LogP contribution is -2.51. The molecule has 6 heteroatoms. The van der Waals surface area contributed by atoms with Crippen LogP contribution in [0, 0.1) is 0 Å². The van der Waals surface area contributed by atoms with Gasteiger partial charge < -0.3 is 15.3 Å². The van der Waals surface area contributed by atoms with Crippen LogP contribution < -0.4 is 5.32 Å². The number of anilines is 1. The zero-order valence-corrected chi connectivity index (χ0v) is 13.7. The van der Waals surface area contributed by atoms with Gasteiger partial charge in [-0.3, -0.25) is 4.79 Å². The Hall–Kier alpha value is -2.53. The molecule has 0 unspecified atom stereocenters. The molecule has 0 aliphatic carbocycles. The lowest BCUT2D eigenvalue weighted by Gasteiger charge is -2.38. The molecule has 0 radical (unpaired) electrons. The molecular formula is C18H17ClN2O3. The van der Waals surface area contributed by atoms with Crippen molar-refractivity contribution in [2.75, 3.05) is 11.9 Å². The Kier molecular flexibility index (Phi) is 4.71. The maximum Gasteiger partial charge on any atom is 0.407 e. The van der Waals surface area contributed by atoms with Gasteiger partial charge in [0.25, 0.3) is 5.91 Å². The lowest BCUT2D eigenvalue weighted by molar-refractivity contribution is 0.0757.